The Kier molecular flexibility index (Phi) is 7.34. The van der Waals surface area contributed by atoms with Gasteiger partial charge in [-0.3, -0.25) is 14.2 Å². The lowest BCUT2D eigenvalue weighted by atomic mass is 9.83. The van der Waals surface area contributed by atoms with E-state index in [0.29, 0.717) is 48.0 Å². The molecule has 3 heterocycles. The second kappa shape index (κ2) is 10.9. The number of rotatable bonds is 10. The van der Waals surface area contributed by atoms with Crippen molar-refractivity contribution in [2.24, 2.45) is 18.9 Å². The number of halogens is 4. The SMILES string of the molecule is Cn1nc(OC(F)F)cc1Nc1nncn1[C@H]1CCc2sc(NC(=O)C3CC(F)C3)c(C(=O)NC[C@H]3C[C@@H]3F)c2C1. The number of amides is 2. The van der Waals surface area contributed by atoms with Crippen LogP contribution in [0.5, 0.6) is 5.88 Å². The summed E-state index contributed by atoms with van der Waals surface area (Å²) in [5.74, 6) is -0.909. The van der Waals surface area contributed by atoms with Crippen LogP contribution < -0.4 is 20.7 Å². The lowest BCUT2D eigenvalue weighted by Crippen LogP contribution is -2.36. The van der Waals surface area contributed by atoms with Crippen LogP contribution in [0.3, 0.4) is 0 Å². The standard InChI is InChI=1S/C25H28F4N8O3S/c1-36-18(8-19(35-36)40-24(28)29)32-25-34-31-10-37(25)14-2-3-17-15(7-14)20(22(39)30-9-12-6-16(12)27)23(41-17)33-21(38)11-4-13(26)5-11/h8,10-14,16,24H,2-7,9H2,1H3,(H,30,39)(H,32,34)(H,33,38)/t11?,12-,13?,14+,16+/m1/s1. The Morgan fingerprint density at radius 1 is 1.24 bits per heavy atom. The number of ether oxygens (including phenoxy) is 1. The molecule has 3 atom stereocenters. The van der Waals surface area contributed by atoms with Crippen molar-refractivity contribution >= 4 is 39.9 Å². The number of aryl methyl sites for hydroxylation is 2. The number of nitrogens with zero attached hydrogens (tertiary/aromatic N) is 5. The number of hydrogen-bond donors (Lipinski definition) is 3. The Hall–Kier alpha value is -3.69. The Balaban J connectivity index is 1.23. The van der Waals surface area contributed by atoms with E-state index in [9.17, 15) is 27.2 Å². The molecule has 2 saturated carbocycles. The Morgan fingerprint density at radius 2 is 2.02 bits per heavy atom. The van der Waals surface area contributed by atoms with Gasteiger partial charge in [-0.2, -0.15) is 8.78 Å². The predicted molar refractivity (Wildman–Crippen MR) is 140 cm³/mol. The highest BCUT2D eigenvalue weighted by atomic mass is 32.1. The van der Waals surface area contributed by atoms with E-state index in [1.165, 1.54) is 28.4 Å². The lowest BCUT2D eigenvalue weighted by molar-refractivity contribution is -0.124. The fourth-order valence-corrected chi connectivity index (χ4v) is 6.51. The van der Waals surface area contributed by atoms with Crippen LogP contribution in [0.2, 0.25) is 0 Å². The van der Waals surface area contributed by atoms with E-state index in [0.717, 1.165) is 10.4 Å². The zero-order valence-corrected chi connectivity index (χ0v) is 22.8. The third-order valence-corrected chi connectivity index (χ3v) is 8.99. The van der Waals surface area contributed by atoms with E-state index in [4.69, 9.17) is 0 Å². The predicted octanol–water partition coefficient (Wildman–Crippen LogP) is 3.92. The van der Waals surface area contributed by atoms with Gasteiger partial charge in [0.25, 0.3) is 5.91 Å². The van der Waals surface area contributed by atoms with Crippen molar-refractivity contribution in [3.63, 3.8) is 0 Å². The number of hydrogen-bond acceptors (Lipinski definition) is 8. The topological polar surface area (TPSA) is 128 Å². The van der Waals surface area contributed by atoms with E-state index < -0.39 is 30.8 Å². The lowest BCUT2D eigenvalue weighted by Gasteiger charge is -2.28. The number of fused-ring (bicyclic) bond motifs is 1. The fourth-order valence-electron chi connectivity index (χ4n) is 5.26. The fraction of sp³-hybridized carbons (Fsp3) is 0.560. The quantitative estimate of drug-likeness (QED) is 0.303. The highest BCUT2D eigenvalue weighted by Crippen LogP contribution is 2.43. The number of thiophene rings is 1. The van der Waals surface area contributed by atoms with Gasteiger partial charge >= 0.3 is 6.61 Å². The van der Waals surface area contributed by atoms with E-state index in [2.05, 4.69) is 36.0 Å². The number of anilines is 3. The van der Waals surface area contributed by atoms with Crippen molar-refractivity contribution in [3.05, 3.63) is 28.4 Å². The maximum absolute atomic E-state index is 13.4. The number of carbonyl (C=O) groups is 2. The molecule has 0 aliphatic heterocycles. The van der Waals surface area contributed by atoms with Crippen LogP contribution in [0.15, 0.2) is 12.4 Å². The first-order valence-corrected chi connectivity index (χ1v) is 14.1. The van der Waals surface area contributed by atoms with E-state index in [1.54, 1.807) is 11.6 Å². The van der Waals surface area contributed by atoms with Crippen molar-refractivity contribution in [1.29, 1.82) is 0 Å². The van der Waals surface area contributed by atoms with E-state index in [-0.39, 0.29) is 43.1 Å². The van der Waals surface area contributed by atoms with Crippen LogP contribution in [0, 0.1) is 11.8 Å². The smallest absolute Gasteiger partial charge is 0.388 e. The molecule has 0 spiro atoms. The van der Waals surface area contributed by atoms with Gasteiger partial charge in [0.1, 0.15) is 29.5 Å². The minimum Gasteiger partial charge on any atom is -0.415 e. The van der Waals surface area contributed by atoms with Crippen molar-refractivity contribution in [3.8, 4) is 5.88 Å². The summed E-state index contributed by atoms with van der Waals surface area (Å²) in [4.78, 5) is 27.1. The number of alkyl halides is 4. The van der Waals surface area contributed by atoms with Crippen molar-refractivity contribution in [2.45, 2.75) is 63.5 Å². The molecular formula is C25H28F4N8O3S. The molecule has 0 aromatic carbocycles. The maximum Gasteiger partial charge on any atom is 0.388 e. The Labute approximate surface area is 235 Å². The summed E-state index contributed by atoms with van der Waals surface area (Å²) in [5, 5.41) is 21.2. The van der Waals surface area contributed by atoms with Crippen LogP contribution in [-0.2, 0) is 24.7 Å². The third-order valence-electron chi connectivity index (χ3n) is 7.78. The molecule has 220 valence electrons. The van der Waals surface area contributed by atoms with Crippen LogP contribution in [0.1, 0.15) is 52.5 Å². The summed E-state index contributed by atoms with van der Waals surface area (Å²) in [6.45, 7) is -2.81. The molecule has 16 heteroatoms. The molecule has 3 N–H and O–H groups in total. The molecule has 2 fully saturated rings. The molecule has 41 heavy (non-hydrogen) atoms. The summed E-state index contributed by atoms with van der Waals surface area (Å²) in [6, 6.07) is 1.14. The largest absolute Gasteiger partial charge is 0.415 e. The molecule has 2 amide bonds. The molecule has 0 radical (unpaired) electrons. The summed E-state index contributed by atoms with van der Waals surface area (Å²) < 4.78 is 59.5. The molecule has 6 rings (SSSR count). The molecular weight excluding hydrogens is 568 g/mol. The van der Waals surface area contributed by atoms with Gasteiger partial charge in [0.2, 0.25) is 17.7 Å². The van der Waals surface area contributed by atoms with Gasteiger partial charge < -0.3 is 20.7 Å². The zero-order valence-electron chi connectivity index (χ0n) is 21.9. The number of aromatic nitrogens is 5. The monoisotopic (exact) mass is 596 g/mol. The summed E-state index contributed by atoms with van der Waals surface area (Å²) in [5.41, 5.74) is 1.12. The average Bonchev–Trinajstić information content (AvgIpc) is 3.21. The van der Waals surface area contributed by atoms with Crippen LogP contribution in [0.25, 0.3) is 0 Å². The van der Waals surface area contributed by atoms with Gasteiger partial charge in [-0.25, -0.2) is 13.5 Å². The van der Waals surface area contributed by atoms with E-state index in [1.807, 2.05) is 0 Å². The first-order chi connectivity index (χ1) is 19.7. The van der Waals surface area contributed by atoms with Gasteiger partial charge in [0.05, 0.1) is 5.56 Å². The van der Waals surface area contributed by atoms with Gasteiger partial charge in [-0.1, -0.05) is 0 Å². The molecule has 3 aliphatic rings. The second-order valence-electron chi connectivity index (χ2n) is 10.6. The maximum atomic E-state index is 13.4. The molecule has 0 unspecified atom stereocenters. The van der Waals surface area contributed by atoms with Crippen LogP contribution >= 0.6 is 11.3 Å². The summed E-state index contributed by atoms with van der Waals surface area (Å²) in [7, 11) is 1.56. The first kappa shape index (κ1) is 27.5. The van der Waals surface area contributed by atoms with Gasteiger partial charge in [-0.15, -0.1) is 26.6 Å². The minimum absolute atomic E-state index is 0.163. The molecule has 3 aromatic heterocycles. The summed E-state index contributed by atoms with van der Waals surface area (Å²) >= 11 is 1.33. The molecule has 3 aromatic rings. The highest BCUT2D eigenvalue weighted by molar-refractivity contribution is 7.17. The molecule has 0 bridgehead atoms. The number of nitrogens with one attached hydrogen (secondary N) is 3. The van der Waals surface area contributed by atoms with Gasteiger partial charge in [-0.05, 0) is 44.1 Å². The number of carbonyl (C=O) groups excluding carboxylic acids is 2. The molecule has 3 aliphatic carbocycles. The highest BCUT2D eigenvalue weighted by Gasteiger charge is 2.39. The minimum atomic E-state index is -3.01. The molecule has 11 nitrogen and oxygen atoms in total. The van der Waals surface area contributed by atoms with Gasteiger partial charge in [0, 0.05) is 42.4 Å². The zero-order chi connectivity index (χ0) is 28.8. The van der Waals surface area contributed by atoms with Crippen LogP contribution in [0.4, 0.5) is 34.3 Å². The summed E-state index contributed by atoms with van der Waals surface area (Å²) in [6.07, 6.45) is 2.09. The van der Waals surface area contributed by atoms with Gasteiger partial charge in [0.15, 0.2) is 0 Å². The Morgan fingerprint density at radius 3 is 2.73 bits per heavy atom. The van der Waals surface area contributed by atoms with Crippen molar-refractivity contribution < 1.29 is 31.9 Å². The van der Waals surface area contributed by atoms with E-state index >= 15 is 0 Å². The average molecular weight is 597 g/mol. The normalized spacial score (nSPS) is 24.9. The first-order valence-electron chi connectivity index (χ1n) is 13.3. The van der Waals surface area contributed by atoms with Crippen LogP contribution in [-0.4, -0.2) is 61.9 Å². The second-order valence-corrected chi connectivity index (χ2v) is 11.7. The van der Waals surface area contributed by atoms with Crippen molar-refractivity contribution in [2.75, 3.05) is 17.2 Å². The Bertz CT molecular complexity index is 1450. The molecule has 0 saturated heterocycles. The third kappa shape index (κ3) is 5.74. The van der Waals surface area contributed by atoms with Crippen molar-refractivity contribution in [1.82, 2.24) is 29.9 Å².